The lowest BCUT2D eigenvalue weighted by molar-refractivity contribution is 0.0614. The standard InChI is InChI=1S/C12H18N2OS/c13-8-12(3-5-15-9-12)14-4-1-11-10(7-14)2-6-16-11/h2,6H,1,3-5,7-9,13H2. The van der Waals surface area contributed by atoms with Crippen molar-refractivity contribution in [3.63, 3.8) is 0 Å². The molecule has 16 heavy (non-hydrogen) atoms. The molecule has 2 aliphatic heterocycles. The lowest BCUT2D eigenvalue weighted by atomic mass is 9.93. The highest BCUT2D eigenvalue weighted by Gasteiger charge is 2.40. The maximum Gasteiger partial charge on any atom is 0.0663 e. The summed E-state index contributed by atoms with van der Waals surface area (Å²) in [5, 5.41) is 2.20. The normalized spacial score (nSPS) is 30.6. The second kappa shape index (κ2) is 4.11. The first-order chi connectivity index (χ1) is 7.84. The lowest BCUT2D eigenvalue weighted by Crippen LogP contribution is -2.55. The maximum absolute atomic E-state index is 5.98. The summed E-state index contributed by atoms with van der Waals surface area (Å²) in [6.45, 7) is 4.58. The number of rotatable bonds is 2. The van der Waals surface area contributed by atoms with Crippen LogP contribution in [0.2, 0.25) is 0 Å². The summed E-state index contributed by atoms with van der Waals surface area (Å²) in [6, 6.07) is 2.26. The molecule has 2 aliphatic rings. The Hall–Kier alpha value is -0.420. The lowest BCUT2D eigenvalue weighted by Gasteiger charge is -2.41. The average Bonchev–Trinajstić information content (AvgIpc) is 2.97. The van der Waals surface area contributed by atoms with Crippen molar-refractivity contribution in [2.75, 3.05) is 26.3 Å². The molecular weight excluding hydrogens is 220 g/mol. The van der Waals surface area contributed by atoms with Gasteiger partial charge < -0.3 is 10.5 Å². The minimum atomic E-state index is 0.111. The van der Waals surface area contributed by atoms with E-state index >= 15 is 0 Å². The maximum atomic E-state index is 5.98. The molecule has 1 atom stereocenters. The van der Waals surface area contributed by atoms with Crippen LogP contribution in [0.1, 0.15) is 16.9 Å². The summed E-state index contributed by atoms with van der Waals surface area (Å²) < 4.78 is 5.55. The first kappa shape index (κ1) is 10.7. The van der Waals surface area contributed by atoms with Crippen molar-refractivity contribution in [3.8, 4) is 0 Å². The highest BCUT2D eigenvalue weighted by atomic mass is 32.1. The first-order valence-corrected chi connectivity index (χ1v) is 6.80. The molecule has 1 fully saturated rings. The van der Waals surface area contributed by atoms with Gasteiger partial charge in [-0.3, -0.25) is 4.90 Å². The Balaban J connectivity index is 1.82. The van der Waals surface area contributed by atoms with E-state index in [0.717, 1.165) is 32.7 Å². The number of nitrogens with two attached hydrogens (primary N) is 1. The quantitative estimate of drug-likeness (QED) is 0.842. The highest BCUT2D eigenvalue weighted by molar-refractivity contribution is 7.10. The largest absolute Gasteiger partial charge is 0.379 e. The van der Waals surface area contributed by atoms with Crippen molar-refractivity contribution >= 4 is 11.3 Å². The summed E-state index contributed by atoms with van der Waals surface area (Å²) >= 11 is 1.89. The van der Waals surface area contributed by atoms with Gasteiger partial charge in [0.15, 0.2) is 0 Å². The van der Waals surface area contributed by atoms with E-state index in [1.807, 2.05) is 11.3 Å². The Morgan fingerprint density at radius 1 is 1.56 bits per heavy atom. The predicted octanol–water partition coefficient (Wildman–Crippen LogP) is 1.22. The molecule has 0 radical (unpaired) electrons. The molecule has 0 aromatic carbocycles. The Labute approximate surface area is 100 Å². The van der Waals surface area contributed by atoms with E-state index in [1.165, 1.54) is 12.0 Å². The zero-order chi connectivity index (χ0) is 11.0. The molecule has 1 aromatic rings. The molecule has 1 unspecified atom stereocenters. The third-order valence-electron chi connectivity index (χ3n) is 3.94. The van der Waals surface area contributed by atoms with Crippen molar-refractivity contribution < 1.29 is 4.74 Å². The number of nitrogens with zero attached hydrogens (tertiary/aromatic N) is 1. The van der Waals surface area contributed by atoms with Crippen LogP contribution in [-0.2, 0) is 17.7 Å². The minimum Gasteiger partial charge on any atom is -0.379 e. The predicted molar refractivity (Wildman–Crippen MR) is 65.7 cm³/mol. The monoisotopic (exact) mass is 238 g/mol. The van der Waals surface area contributed by atoms with Crippen LogP contribution in [0.25, 0.3) is 0 Å². The van der Waals surface area contributed by atoms with Crippen LogP contribution in [0.3, 0.4) is 0 Å². The Bertz CT molecular complexity index is 371. The topological polar surface area (TPSA) is 38.5 Å². The van der Waals surface area contributed by atoms with Gasteiger partial charge in [0.05, 0.1) is 12.1 Å². The second-order valence-electron chi connectivity index (χ2n) is 4.77. The zero-order valence-electron chi connectivity index (χ0n) is 9.45. The van der Waals surface area contributed by atoms with E-state index in [9.17, 15) is 0 Å². The van der Waals surface area contributed by atoms with Crippen molar-refractivity contribution in [2.24, 2.45) is 5.73 Å². The zero-order valence-corrected chi connectivity index (χ0v) is 10.3. The highest BCUT2D eigenvalue weighted by Crippen LogP contribution is 2.32. The molecule has 0 spiro atoms. The van der Waals surface area contributed by atoms with Gasteiger partial charge in [-0.2, -0.15) is 0 Å². The Morgan fingerprint density at radius 2 is 2.50 bits per heavy atom. The van der Waals surface area contributed by atoms with Crippen LogP contribution >= 0.6 is 11.3 Å². The summed E-state index contributed by atoms with van der Waals surface area (Å²) in [4.78, 5) is 4.09. The van der Waals surface area contributed by atoms with Gasteiger partial charge in [0.25, 0.3) is 0 Å². The average molecular weight is 238 g/mol. The number of thiophene rings is 1. The number of ether oxygens (including phenoxy) is 1. The van der Waals surface area contributed by atoms with Crippen molar-refractivity contribution in [1.29, 1.82) is 0 Å². The summed E-state index contributed by atoms with van der Waals surface area (Å²) in [6.07, 6.45) is 2.26. The molecule has 0 saturated carbocycles. The van der Waals surface area contributed by atoms with Crippen molar-refractivity contribution in [1.82, 2.24) is 4.90 Å². The molecular formula is C12H18N2OS. The molecule has 3 heterocycles. The van der Waals surface area contributed by atoms with Crippen molar-refractivity contribution in [3.05, 3.63) is 21.9 Å². The van der Waals surface area contributed by atoms with Crippen LogP contribution in [0.4, 0.5) is 0 Å². The molecule has 3 rings (SSSR count). The smallest absolute Gasteiger partial charge is 0.0663 e. The first-order valence-electron chi connectivity index (χ1n) is 5.92. The van der Waals surface area contributed by atoms with Gasteiger partial charge in [-0.1, -0.05) is 0 Å². The molecule has 1 saturated heterocycles. The van der Waals surface area contributed by atoms with Gasteiger partial charge in [0.1, 0.15) is 0 Å². The van der Waals surface area contributed by atoms with E-state index in [-0.39, 0.29) is 5.54 Å². The number of hydrogen-bond acceptors (Lipinski definition) is 4. The third kappa shape index (κ3) is 1.61. The van der Waals surface area contributed by atoms with Crippen LogP contribution in [0.5, 0.6) is 0 Å². The molecule has 0 aliphatic carbocycles. The fraction of sp³-hybridized carbons (Fsp3) is 0.667. The Morgan fingerprint density at radius 3 is 3.25 bits per heavy atom. The molecule has 1 aromatic heterocycles. The van der Waals surface area contributed by atoms with Gasteiger partial charge in [0, 0.05) is 31.1 Å². The van der Waals surface area contributed by atoms with E-state index in [4.69, 9.17) is 10.5 Å². The van der Waals surface area contributed by atoms with Crippen LogP contribution in [0.15, 0.2) is 11.4 Å². The molecule has 0 amide bonds. The van der Waals surface area contributed by atoms with Gasteiger partial charge in [-0.05, 0) is 29.9 Å². The third-order valence-corrected chi connectivity index (χ3v) is 4.96. The van der Waals surface area contributed by atoms with E-state index in [2.05, 4.69) is 16.3 Å². The fourth-order valence-corrected chi connectivity index (χ4v) is 3.68. The second-order valence-corrected chi connectivity index (χ2v) is 5.77. The Kier molecular flexibility index (Phi) is 2.75. The molecule has 2 N–H and O–H groups in total. The minimum absolute atomic E-state index is 0.111. The summed E-state index contributed by atoms with van der Waals surface area (Å²) in [5.74, 6) is 0. The number of fused-ring (bicyclic) bond motifs is 1. The van der Waals surface area contributed by atoms with E-state index in [0.29, 0.717) is 6.54 Å². The van der Waals surface area contributed by atoms with Gasteiger partial charge >= 0.3 is 0 Å². The van der Waals surface area contributed by atoms with Crippen molar-refractivity contribution in [2.45, 2.75) is 24.9 Å². The van der Waals surface area contributed by atoms with E-state index in [1.54, 1.807) is 4.88 Å². The summed E-state index contributed by atoms with van der Waals surface area (Å²) in [7, 11) is 0. The summed E-state index contributed by atoms with van der Waals surface area (Å²) in [5.41, 5.74) is 7.58. The van der Waals surface area contributed by atoms with Gasteiger partial charge in [-0.25, -0.2) is 0 Å². The van der Waals surface area contributed by atoms with Gasteiger partial charge in [-0.15, -0.1) is 11.3 Å². The van der Waals surface area contributed by atoms with Gasteiger partial charge in [0.2, 0.25) is 0 Å². The molecule has 3 nitrogen and oxygen atoms in total. The van der Waals surface area contributed by atoms with Crippen LogP contribution in [-0.4, -0.2) is 36.7 Å². The van der Waals surface area contributed by atoms with Crippen LogP contribution < -0.4 is 5.73 Å². The molecule has 4 heteroatoms. The SMILES string of the molecule is NCC1(N2CCc3sccc3C2)CCOC1. The number of hydrogen-bond donors (Lipinski definition) is 1. The van der Waals surface area contributed by atoms with E-state index < -0.39 is 0 Å². The molecule has 0 bridgehead atoms. The van der Waals surface area contributed by atoms with Crippen LogP contribution in [0, 0.1) is 0 Å². The molecule has 88 valence electrons. The fourth-order valence-electron chi connectivity index (χ4n) is 2.79.